The van der Waals surface area contributed by atoms with Gasteiger partial charge in [0, 0.05) is 23.5 Å². The van der Waals surface area contributed by atoms with Crippen molar-refractivity contribution in [3.8, 4) is 11.5 Å². The maximum absolute atomic E-state index is 13.4. The second-order valence-corrected chi connectivity index (χ2v) is 5.62. The van der Waals surface area contributed by atoms with Crippen LogP contribution in [0.2, 0.25) is 0 Å². The molecule has 2 heterocycles. The van der Waals surface area contributed by atoms with Gasteiger partial charge in [-0.1, -0.05) is 0 Å². The molecule has 1 aromatic heterocycles. The summed E-state index contributed by atoms with van der Waals surface area (Å²) in [7, 11) is 0. The molecule has 4 rings (SSSR count). The van der Waals surface area contributed by atoms with Crippen LogP contribution in [-0.4, -0.2) is 21.7 Å². The molecule has 0 saturated heterocycles. The lowest BCUT2D eigenvalue weighted by Crippen LogP contribution is -2.05. The Kier molecular flexibility index (Phi) is 4.32. The fourth-order valence-electron chi connectivity index (χ4n) is 2.56. The number of rotatable bonds is 5. The largest absolute Gasteiger partial charge is 0.454 e. The van der Waals surface area contributed by atoms with E-state index >= 15 is 0 Å². The van der Waals surface area contributed by atoms with Gasteiger partial charge in [0.25, 0.3) is 0 Å². The van der Waals surface area contributed by atoms with Crippen molar-refractivity contribution in [3.63, 3.8) is 0 Å². The van der Waals surface area contributed by atoms with E-state index in [9.17, 15) is 18.9 Å². The summed E-state index contributed by atoms with van der Waals surface area (Å²) in [6.07, 6.45) is 1.10. The number of nitro groups is 1. The van der Waals surface area contributed by atoms with Gasteiger partial charge in [0.2, 0.25) is 18.4 Å². The average Bonchev–Trinajstić information content (AvgIpc) is 3.12. The topological polar surface area (TPSA) is 111 Å². The van der Waals surface area contributed by atoms with E-state index in [4.69, 9.17) is 9.47 Å². The molecule has 0 bridgehead atoms. The lowest BCUT2D eigenvalue weighted by Gasteiger charge is -2.10. The van der Waals surface area contributed by atoms with Crippen LogP contribution < -0.4 is 20.1 Å². The zero-order chi connectivity index (χ0) is 19.7. The molecule has 0 unspecified atom stereocenters. The minimum Gasteiger partial charge on any atom is -0.454 e. The fraction of sp³-hybridized carbons (Fsp3) is 0.0588. The first-order valence-corrected chi connectivity index (χ1v) is 7.89. The molecule has 2 N–H and O–H groups in total. The first-order chi connectivity index (χ1) is 13.5. The van der Waals surface area contributed by atoms with Crippen molar-refractivity contribution >= 4 is 28.7 Å². The monoisotopic (exact) mass is 387 g/mol. The van der Waals surface area contributed by atoms with Gasteiger partial charge in [-0.05, 0) is 24.3 Å². The minimum atomic E-state index is -1.10. The maximum Gasteiger partial charge on any atom is 0.353 e. The van der Waals surface area contributed by atoms with E-state index in [1.54, 1.807) is 18.2 Å². The molecule has 0 radical (unpaired) electrons. The minimum absolute atomic E-state index is 0.0920. The standard InChI is InChI=1S/C17H11F2N5O4/c18-11-3-1-9(5-12(11)19)22-16-15(24(25)26)17(21-7-20-16)23-10-2-4-13-14(6-10)28-8-27-13/h1-7H,8H2,(H2,20,21,22,23). The number of anilines is 4. The van der Waals surface area contributed by atoms with E-state index in [0.29, 0.717) is 17.2 Å². The number of fused-ring (bicyclic) bond motifs is 1. The molecule has 28 heavy (non-hydrogen) atoms. The number of hydrogen-bond acceptors (Lipinski definition) is 8. The van der Waals surface area contributed by atoms with E-state index in [1.165, 1.54) is 6.07 Å². The maximum atomic E-state index is 13.4. The Balaban J connectivity index is 1.67. The molecule has 1 aliphatic heterocycles. The lowest BCUT2D eigenvalue weighted by molar-refractivity contribution is -0.383. The Morgan fingerprint density at radius 1 is 0.929 bits per heavy atom. The third-order valence-electron chi connectivity index (χ3n) is 3.82. The number of halogens is 2. The SMILES string of the molecule is O=[N+]([O-])c1c(Nc2ccc(F)c(F)c2)ncnc1Nc1ccc2c(c1)OCO2. The first-order valence-electron chi connectivity index (χ1n) is 7.89. The van der Waals surface area contributed by atoms with Gasteiger partial charge in [-0.25, -0.2) is 18.7 Å². The summed E-state index contributed by atoms with van der Waals surface area (Å²) < 4.78 is 37.0. The highest BCUT2D eigenvalue weighted by atomic mass is 19.2. The van der Waals surface area contributed by atoms with Crippen LogP contribution in [0.1, 0.15) is 0 Å². The van der Waals surface area contributed by atoms with Crippen LogP contribution in [0.5, 0.6) is 11.5 Å². The van der Waals surface area contributed by atoms with Crippen LogP contribution >= 0.6 is 0 Å². The number of aromatic nitrogens is 2. The normalized spacial score (nSPS) is 11.9. The predicted octanol–water partition coefficient (Wildman–Crippen LogP) is 3.88. The zero-order valence-electron chi connectivity index (χ0n) is 14.0. The van der Waals surface area contributed by atoms with Gasteiger partial charge in [-0.3, -0.25) is 10.1 Å². The van der Waals surface area contributed by atoms with Gasteiger partial charge < -0.3 is 20.1 Å². The molecule has 9 nitrogen and oxygen atoms in total. The van der Waals surface area contributed by atoms with Crippen LogP contribution in [0.3, 0.4) is 0 Å². The van der Waals surface area contributed by atoms with Gasteiger partial charge in [0.05, 0.1) is 4.92 Å². The fourth-order valence-corrected chi connectivity index (χ4v) is 2.56. The summed E-state index contributed by atoms with van der Waals surface area (Å²) in [5.74, 6) is -1.36. The van der Waals surface area contributed by atoms with Gasteiger partial charge in [0.15, 0.2) is 23.1 Å². The molecule has 3 aromatic rings. The molecular formula is C17H11F2N5O4. The van der Waals surface area contributed by atoms with Crippen molar-refractivity contribution in [2.75, 3.05) is 17.4 Å². The van der Waals surface area contributed by atoms with Gasteiger partial charge in [-0.2, -0.15) is 0 Å². The first kappa shape index (κ1) is 17.4. The lowest BCUT2D eigenvalue weighted by atomic mass is 10.2. The molecule has 0 spiro atoms. The van der Waals surface area contributed by atoms with Crippen LogP contribution in [0, 0.1) is 21.7 Å². The quantitative estimate of drug-likeness (QED) is 0.501. The number of ether oxygens (including phenoxy) is 2. The highest BCUT2D eigenvalue weighted by Gasteiger charge is 2.24. The van der Waals surface area contributed by atoms with Crippen LogP contribution in [0.15, 0.2) is 42.7 Å². The molecular weight excluding hydrogens is 376 g/mol. The van der Waals surface area contributed by atoms with Crippen molar-refractivity contribution in [2.24, 2.45) is 0 Å². The van der Waals surface area contributed by atoms with Crippen LogP contribution in [0.25, 0.3) is 0 Å². The van der Waals surface area contributed by atoms with Crippen molar-refractivity contribution in [1.29, 1.82) is 0 Å². The Morgan fingerprint density at radius 3 is 2.25 bits per heavy atom. The summed E-state index contributed by atoms with van der Waals surface area (Å²) in [6.45, 7) is 0.0920. The third-order valence-corrected chi connectivity index (χ3v) is 3.82. The van der Waals surface area contributed by atoms with E-state index in [2.05, 4.69) is 20.6 Å². The second kappa shape index (κ2) is 6.95. The Hall–Kier alpha value is -4.02. The van der Waals surface area contributed by atoms with E-state index < -0.39 is 22.2 Å². The number of nitrogens with zero attached hydrogens (tertiary/aromatic N) is 3. The molecule has 142 valence electrons. The summed E-state index contributed by atoms with van der Waals surface area (Å²) in [5, 5.41) is 17.0. The summed E-state index contributed by atoms with van der Waals surface area (Å²) >= 11 is 0. The smallest absolute Gasteiger partial charge is 0.353 e. The zero-order valence-corrected chi connectivity index (χ0v) is 14.0. The Morgan fingerprint density at radius 2 is 1.57 bits per heavy atom. The van der Waals surface area contributed by atoms with Crippen molar-refractivity contribution in [3.05, 3.63) is 64.5 Å². The van der Waals surface area contributed by atoms with Gasteiger partial charge >= 0.3 is 5.69 Å². The van der Waals surface area contributed by atoms with E-state index in [1.807, 2.05) is 0 Å². The second-order valence-electron chi connectivity index (χ2n) is 5.62. The summed E-state index contributed by atoms with van der Waals surface area (Å²) in [4.78, 5) is 18.7. The molecule has 0 aliphatic carbocycles. The van der Waals surface area contributed by atoms with E-state index in [0.717, 1.165) is 18.5 Å². The molecule has 0 fully saturated rings. The molecule has 1 aliphatic rings. The Labute approximate surface area is 156 Å². The van der Waals surface area contributed by atoms with Gasteiger partial charge in [-0.15, -0.1) is 0 Å². The van der Waals surface area contributed by atoms with E-state index in [-0.39, 0.29) is 24.1 Å². The Bertz CT molecular complexity index is 1080. The predicted molar refractivity (Wildman–Crippen MR) is 94.2 cm³/mol. The van der Waals surface area contributed by atoms with Crippen molar-refractivity contribution in [2.45, 2.75) is 0 Å². The highest BCUT2D eigenvalue weighted by Crippen LogP contribution is 2.37. The van der Waals surface area contributed by atoms with Crippen molar-refractivity contribution < 1.29 is 23.2 Å². The molecule has 0 saturated carbocycles. The number of hydrogen-bond donors (Lipinski definition) is 2. The average molecular weight is 387 g/mol. The van der Waals surface area contributed by atoms with Crippen LogP contribution in [0.4, 0.5) is 37.5 Å². The summed E-state index contributed by atoms with van der Waals surface area (Å²) in [5.41, 5.74) is 0.101. The third kappa shape index (κ3) is 3.32. The highest BCUT2D eigenvalue weighted by molar-refractivity contribution is 5.77. The molecule has 11 heteroatoms. The molecule has 0 atom stereocenters. The van der Waals surface area contributed by atoms with Gasteiger partial charge in [0.1, 0.15) is 6.33 Å². The van der Waals surface area contributed by atoms with Crippen molar-refractivity contribution in [1.82, 2.24) is 9.97 Å². The summed E-state index contributed by atoms with van der Waals surface area (Å²) in [6, 6.07) is 7.90. The number of benzene rings is 2. The van der Waals surface area contributed by atoms with Crippen LogP contribution in [-0.2, 0) is 0 Å². The molecule has 0 amide bonds. The molecule has 2 aromatic carbocycles. The number of nitrogens with one attached hydrogen (secondary N) is 2.